The summed E-state index contributed by atoms with van der Waals surface area (Å²) in [6, 6.07) is 0.604. The third-order valence-electron chi connectivity index (χ3n) is 2.24. The number of ether oxygens (including phenoxy) is 1. The maximum atomic E-state index is 5.49. The fourth-order valence-corrected chi connectivity index (χ4v) is 1.53. The van der Waals surface area contributed by atoms with E-state index in [-0.39, 0.29) is 24.8 Å². The highest BCUT2D eigenvalue weighted by Crippen LogP contribution is 2.08. The number of hydrogen-bond acceptors (Lipinski definition) is 3. The lowest BCUT2D eigenvalue weighted by atomic mass is 10.2. The Morgan fingerprint density at radius 1 is 1.46 bits per heavy atom. The van der Waals surface area contributed by atoms with Crippen molar-refractivity contribution in [2.24, 2.45) is 5.73 Å². The van der Waals surface area contributed by atoms with E-state index >= 15 is 0 Å². The van der Waals surface area contributed by atoms with Crippen molar-refractivity contribution in [2.45, 2.75) is 19.4 Å². The van der Waals surface area contributed by atoms with Crippen LogP contribution in [0, 0.1) is 0 Å². The Bertz CT molecular complexity index is 114. The summed E-state index contributed by atoms with van der Waals surface area (Å²) in [5.41, 5.74) is 5.49. The molecule has 0 amide bonds. The van der Waals surface area contributed by atoms with Crippen LogP contribution in [-0.4, -0.2) is 43.8 Å². The molecule has 1 aliphatic heterocycles. The van der Waals surface area contributed by atoms with Crippen molar-refractivity contribution in [3.63, 3.8) is 0 Å². The second-order valence-corrected chi connectivity index (χ2v) is 2.96. The van der Waals surface area contributed by atoms with Crippen molar-refractivity contribution in [1.29, 1.82) is 0 Å². The molecule has 0 aromatic heterocycles. The van der Waals surface area contributed by atoms with E-state index in [4.69, 9.17) is 10.5 Å². The summed E-state index contributed by atoms with van der Waals surface area (Å²) >= 11 is 0. The van der Waals surface area contributed by atoms with Crippen molar-refractivity contribution < 1.29 is 4.74 Å². The molecule has 82 valence electrons. The molecule has 0 saturated carbocycles. The Morgan fingerprint density at radius 2 is 2.15 bits per heavy atom. The smallest absolute Gasteiger partial charge is 0.0622 e. The first-order chi connectivity index (χ1) is 5.38. The van der Waals surface area contributed by atoms with Gasteiger partial charge in [-0.05, 0) is 6.42 Å². The van der Waals surface area contributed by atoms with Gasteiger partial charge in [-0.1, -0.05) is 6.92 Å². The highest BCUT2D eigenvalue weighted by Gasteiger charge is 2.19. The van der Waals surface area contributed by atoms with Gasteiger partial charge in [0.2, 0.25) is 0 Å². The highest BCUT2D eigenvalue weighted by atomic mass is 35.5. The van der Waals surface area contributed by atoms with Gasteiger partial charge in [-0.25, -0.2) is 0 Å². The predicted molar refractivity (Wildman–Crippen MR) is 60.0 cm³/mol. The lowest BCUT2D eigenvalue weighted by Crippen LogP contribution is -2.46. The molecule has 1 unspecified atom stereocenters. The van der Waals surface area contributed by atoms with Crippen LogP contribution in [-0.2, 0) is 4.74 Å². The SMILES string of the molecule is CCC1COCCN1CCN.Cl.Cl. The van der Waals surface area contributed by atoms with Crippen LogP contribution in [0.2, 0.25) is 0 Å². The summed E-state index contributed by atoms with van der Waals surface area (Å²) in [4.78, 5) is 2.42. The molecule has 0 aromatic carbocycles. The van der Waals surface area contributed by atoms with E-state index in [0.29, 0.717) is 6.04 Å². The topological polar surface area (TPSA) is 38.5 Å². The Hall–Kier alpha value is 0.460. The van der Waals surface area contributed by atoms with Gasteiger partial charge in [-0.3, -0.25) is 4.90 Å². The van der Waals surface area contributed by atoms with E-state index in [0.717, 1.165) is 32.8 Å². The second-order valence-electron chi connectivity index (χ2n) is 2.96. The van der Waals surface area contributed by atoms with Gasteiger partial charge in [0.15, 0.2) is 0 Å². The lowest BCUT2D eigenvalue weighted by Gasteiger charge is -2.34. The number of nitrogens with zero attached hydrogens (tertiary/aromatic N) is 1. The van der Waals surface area contributed by atoms with Gasteiger partial charge in [0, 0.05) is 25.7 Å². The Morgan fingerprint density at radius 3 is 2.69 bits per heavy atom. The van der Waals surface area contributed by atoms with Crippen LogP contribution in [0.15, 0.2) is 0 Å². The number of hydrogen-bond donors (Lipinski definition) is 1. The zero-order valence-electron chi connectivity index (χ0n) is 8.07. The number of halogens is 2. The van der Waals surface area contributed by atoms with Gasteiger partial charge in [0.1, 0.15) is 0 Å². The quantitative estimate of drug-likeness (QED) is 0.784. The fourth-order valence-electron chi connectivity index (χ4n) is 1.53. The average Bonchev–Trinajstić information content (AvgIpc) is 2.06. The van der Waals surface area contributed by atoms with Crippen LogP contribution in [0.4, 0.5) is 0 Å². The largest absolute Gasteiger partial charge is 0.378 e. The molecule has 5 heteroatoms. The molecular formula is C8H20Cl2N2O. The van der Waals surface area contributed by atoms with Crippen molar-refractivity contribution in [1.82, 2.24) is 4.90 Å². The van der Waals surface area contributed by atoms with Crippen molar-refractivity contribution >= 4 is 24.8 Å². The van der Waals surface area contributed by atoms with E-state index in [2.05, 4.69) is 11.8 Å². The molecule has 0 aliphatic carbocycles. The third-order valence-corrected chi connectivity index (χ3v) is 2.24. The first kappa shape index (κ1) is 15.9. The molecule has 0 radical (unpaired) electrons. The van der Waals surface area contributed by atoms with Crippen molar-refractivity contribution in [3.8, 4) is 0 Å². The molecule has 1 fully saturated rings. The molecule has 2 N–H and O–H groups in total. The minimum Gasteiger partial charge on any atom is -0.378 e. The maximum Gasteiger partial charge on any atom is 0.0622 e. The minimum absolute atomic E-state index is 0. The molecule has 0 bridgehead atoms. The molecule has 1 saturated heterocycles. The summed E-state index contributed by atoms with van der Waals surface area (Å²) in [5, 5.41) is 0. The van der Waals surface area contributed by atoms with E-state index in [1.54, 1.807) is 0 Å². The monoisotopic (exact) mass is 230 g/mol. The molecule has 1 aliphatic rings. The molecule has 1 rings (SSSR count). The van der Waals surface area contributed by atoms with Gasteiger partial charge < -0.3 is 10.5 Å². The summed E-state index contributed by atoms with van der Waals surface area (Å²) in [5.74, 6) is 0. The van der Waals surface area contributed by atoms with Crippen LogP contribution in [0.1, 0.15) is 13.3 Å². The van der Waals surface area contributed by atoms with Gasteiger partial charge >= 0.3 is 0 Å². The standard InChI is InChI=1S/C8H18N2O.2ClH/c1-2-8-7-11-6-5-10(8)4-3-9;;/h8H,2-7,9H2,1H3;2*1H. The molecule has 1 heterocycles. The molecule has 1 atom stereocenters. The average molecular weight is 231 g/mol. The van der Waals surface area contributed by atoms with E-state index in [1.807, 2.05) is 0 Å². The van der Waals surface area contributed by atoms with Gasteiger partial charge in [0.25, 0.3) is 0 Å². The number of nitrogens with two attached hydrogens (primary N) is 1. The van der Waals surface area contributed by atoms with Gasteiger partial charge in [-0.15, -0.1) is 24.8 Å². The van der Waals surface area contributed by atoms with Crippen LogP contribution in [0.3, 0.4) is 0 Å². The highest BCUT2D eigenvalue weighted by molar-refractivity contribution is 5.85. The fraction of sp³-hybridized carbons (Fsp3) is 1.00. The molecule has 0 spiro atoms. The number of rotatable bonds is 3. The normalized spacial score (nSPS) is 23.1. The van der Waals surface area contributed by atoms with E-state index < -0.39 is 0 Å². The first-order valence-corrected chi connectivity index (χ1v) is 4.40. The zero-order chi connectivity index (χ0) is 8.10. The minimum atomic E-state index is 0. The van der Waals surface area contributed by atoms with Crippen LogP contribution in [0.5, 0.6) is 0 Å². The third kappa shape index (κ3) is 5.03. The second kappa shape index (κ2) is 9.03. The molecule has 3 nitrogen and oxygen atoms in total. The van der Waals surface area contributed by atoms with Crippen LogP contribution >= 0.6 is 24.8 Å². The molecule has 13 heavy (non-hydrogen) atoms. The van der Waals surface area contributed by atoms with Crippen LogP contribution < -0.4 is 5.73 Å². The van der Waals surface area contributed by atoms with Gasteiger partial charge in [0.05, 0.1) is 13.2 Å². The Labute approximate surface area is 92.8 Å². The summed E-state index contributed by atoms with van der Waals surface area (Å²) in [6.07, 6.45) is 1.17. The predicted octanol–water partition coefficient (Wildman–Crippen LogP) is 0.900. The van der Waals surface area contributed by atoms with E-state index in [9.17, 15) is 0 Å². The lowest BCUT2D eigenvalue weighted by molar-refractivity contribution is -0.00692. The van der Waals surface area contributed by atoms with Crippen molar-refractivity contribution in [3.05, 3.63) is 0 Å². The van der Waals surface area contributed by atoms with Gasteiger partial charge in [-0.2, -0.15) is 0 Å². The first-order valence-electron chi connectivity index (χ1n) is 4.40. The Kier molecular flexibility index (Phi) is 11.1. The summed E-state index contributed by atoms with van der Waals surface area (Å²) < 4.78 is 5.37. The van der Waals surface area contributed by atoms with Crippen molar-refractivity contribution in [2.75, 3.05) is 32.8 Å². The van der Waals surface area contributed by atoms with Crippen LogP contribution in [0.25, 0.3) is 0 Å². The zero-order valence-corrected chi connectivity index (χ0v) is 9.70. The Balaban J connectivity index is 0. The molecular weight excluding hydrogens is 211 g/mol. The summed E-state index contributed by atoms with van der Waals surface area (Å²) in [6.45, 7) is 6.78. The maximum absolute atomic E-state index is 5.49. The van der Waals surface area contributed by atoms with E-state index in [1.165, 1.54) is 6.42 Å². The molecule has 0 aromatic rings. The summed E-state index contributed by atoms with van der Waals surface area (Å²) in [7, 11) is 0. The number of morpholine rings is 1.